The predicted molar refractivity (Wildman–Crippen MR) is 111 cm³/mol. The van der Waals surface area contributed by atoms with Crippen LogP contribution in [0, 0.1) is 18.6 Å². The average Bonchev–Trinajstić information content (AvgIpc) is 2.73. The van der Waals surface area contributed by atoms with Crippen molar-refractivity contribution in [1.82, 2.24) is 4.57 Å². The van der Waals surface area contributed by atoms with Gasteiger partial charge in [0.1, 0.15) is 28.5 Å². The van der Waals surface area contributed by atoms with Crippen LogP contribution in [0.25, 0.3) is 0 Å². The van der Waals surface area contributed by atoms with Crippen molar-refractivity contribution < 1.29 is 23.0 Å². The monoisotopic (exact) mass is 477 g/mol. The Balaban J connectivity index is 1.80. The molecular weight excluding hydrogens is 460 g/mol. The normalized spacial score (nSPS) is 10.7. The van der Waals surface area contributed by atoms with E-state index in [-0.39, 0.29) is 34.5 Å². The maximum Gasteiger partial charge on any atom is 0.337 e. The number of halogens is 3. The van der Waals surface area contributed by atoms with Crippen molar-refractivity contribution >= 4 is 21.9 Å². The first-order valence-electron chi connectivity index (χ1n) is 8.94. The van der Waals surface area contributed by atoms with Crippen molar-refractivity contribution in [3.8, 4) is 5.75 Å². The van der Waals surface area contributed by atoms with E-state index >= 15 is 0 Å². The van der Waals surface area contributed by atoms with E-state index in [9.17, 15) is 18.4 Å². The van der Waals surface area contributed by atoms with Gasteiger partial charge in [-0.15, -0.1) is 0 Å². The highest BCUT2D eigenvalue weighted by Crippen LogP contribution is 2.24. The molecule has 0 unspecified atom stereocenters. The zero-order chi connectivity index (χ0) is 21.8. The Morgan fingerprint density at radius 1 is 1.10 bits per heavy atom. The van der Waals surface area contributed by atoms with E-state index in [0.717, 1.165) is 17.7 Å². The van der Waals surface area contributed by atoms with Crippen molar-refractivity contribution in [2.75, 3.05) is 7.11 Å². The van der Waals surface area contributed by atoms with Crippen LogP contribution >= 0.6 is 15.9 Å². The maximum absolute atomic E-state index is 13.8. The van der Waals surface area contributed by atoms with Gasteiger partial charge in [0.2, 0.25) is 0 Å². The number of benzene rings is 2. The number of pyridine rings is 1. The number of carbonyl (C=O) groups is 1. The van der Waals surface area contributed by atoms with Gasteiger partial charge in [-0.25, -0.2) is 13.6 Å². The third-order valence-electron chi connectivity index (χ3n) is 4.53. The molecule has 156 valence electrons. The van der Waals surface area contributed by atoms with E-state index in [1.807, 2.05) is 0 Å². The summed E-state index contributed by atoms with van der Waals surface area (Å²) in [7, 11) is 1.31. The zero-order valence-corrected chi connectivity index (χ0v) is 17.8. The third kappa shape index (κ3) is 4.76. The molecule has 0 atom stereocenters. The van der Waals surface area contributed by atoms with Gasteiger partial charge in [0.05, 0.1) is 19.2 Å². The molecule has 0 aliphatic rings. The molecule has 0 radical (unpaired) electrons. The molecule has 0 N–H and O–H groups in total. The summed E-state index contributed by atoms with van der Waals surface area (Å²) in [6.45, 7) is 1.89. The molecule has 0 aliphatic carbocycles. The van der Waals surface area contributed by atoms with Crippen LogP contribution in [0.15, 0.2) is 57.8 Å². The second kappa shape index (κ2) is 9.21. The summed E-state index contributed by atoms with van der Waals surface area (Å²) in [4.78, 5) is 24.3. The minimum absolute atomic E-state index is 0.150. The summed E-state index contributed by atoms with van der Waals surface area (Å²) in [5.74, 6) is -1.56. The van der Waals surface area contributed by atoms with Gasteiger partial charge in [0.15, 0.2) is 0 Å². The minimum Gasteiger partial charge on any atom is -0.487 e. The molecule has 3 rings (SSSR count). The van der Waals surface area contributed by atoms with E-state index in [4.69, 9.17) is 4.74 Å². The lowest BCUT2D eigenvalue weighted by Crippen LogP contribution is -2.24. The van der Waals surface area contributed by atoms with Gasteiger partial charge in [0, 0.05) is 23.4 Å². The van der Waals surface area contributed by atoms with Crippen LogP contribution < -0.4 is 10.3 Å². The summed E-state index contributed by atoms with van der Waals surface area (Å²) in [5.41, 5.74) is 1.73. The number of hydrogen-bond acceptors (Lipinski definition) is 4. The molecule has 0 fully saturated rings. The Bertz CT molecular complexity index is 1140. The van der Waals surface area contributed by atoms with Gasteiger partial charge in [-0.1, -0.05) is 12.1 Å². The number of ether oxygens (including phenoxy) is 2. The molecule has 0 amide bonds. The Morgan fingerprint density at radius 2 is 1.80 bits per heavy atom. The number of methoxy groups -OCH3 is 1. The molecule has 0 saturated heterocycles. The van der Waals surface area contributed by atoms with Gasteiger partial charge < -0.3 is 14.0 Å². The second-order valence-electron chi connectivity index (χ2n) is 6.57. The third-order valence-corrected chi connectivity index (χ3v) is 5.26. The minimum atomic E-state index is -0.716. The highest BCUT2D eigenvalue weighted by atomic mass is 79.9. The highest BCUT2D eigenvalue weighted by molar-refractivity contribution is 9.10. The molecule has 2 aromatic carbocycles. The number of hydrogen-bond donors (Lipinski definition) is 0. The Labute approximate surface area is 180 Å². The number of carbonyl (C=O) groups excluding carboxylic acids is 1. The van der Waals surface area contributed by atoms with Gasteiger partial charge in [0.25, 0.3) is 5.56 Å². The first kappa shape index (κ1) is 21.7. The molecule has 0 spiro atoms. The molecule has 8 heteroatoms. The number of rotatable bonds is 6. The van der Waals surface area contributed by atoms with Crippen molar-refractivity contribution in [2.45, 2.75) is 20.1 Å². The molecule has 30 heavy (non-hydrogen) atoms. The maximum atomic E-state index is 13.8. The fourth-order valence-corrected chi connectivity index (χ4v) is 3.30. The summed E-state index contributed by atoms with van der Waals surface area (Å²) >= 11 is 3.25. The van der Waals surface area contributed by atoms with Crippen LogP contribution in [-0.2, 0) is 17.9 Å². The number of esters is 1. The molecule has 5 nitrogen and oxygen atoms in total. The fraction of sp³-hybridized carbons (Fsp3) is 0.182. The van der Waals surface area contributed by atoms with E-state index in [0.29, 0.717) is 11.3 Å². The highest BCUT2D eigenvalue weighted by Gasteiger charge is 2.14. The molecule has 0 bridgehead atoms. The summed E-state index contributed by atoms with van der Waals surface area (Å²) < 4.78 is 38.8. The summed E-state index contributed by atoms with van der Waals surface area (Å²) in [6, 6.07) is 11.6. The second-order valence-corrected chi connectivity index (χ2v) is 7.36. The Morgan fingerprint density at radius 3 is 2.43 bits per heavy atom. The van der Waals surface area contributed by atoms with Crippen molar-refractivity contribution in [2.24, 2.45) is 0 Å². The summed E-state index contributed by atoms with van der Waals surface area (Å²) in [5, 5.41) is 0. The lowest BCUT2D eigenvalue weighted by atomic mass is 10.1. The first-order chi connectivity index (χ1) is 14.3. The molecule has 0 aliphatic heterocycles. The molecule has 0 saturated carbocycles. The standard InChI is InChI=1S/C22H18BrF2NO4/c1-13-9-19(30-12-16-7-8-17(24)10-18(16)25)20(23)21(27)26(13)11-14-3-5-15(6-4-14)22(28)29-2/h3-10H,11-12H2,1-2H3. The lowest BCUT2D eigenvalue weighted by Gasteiger charge is -2.15. The van der Waals surface area contributed by atoms with Crippen molar-refractivity contribution in [3.05, 3.63) is 97.4 Å². The molecule has 1 aromatic heterocycles. The number of nitrogens with zero attached hydrogens (tertiary/aromatic N) is 1. The zero-order valence-electron chi connectivity index (χ0n) is 16.2. The molecule has 1 heterocycles. The average molecular weight is 478 g/mol. The van der Waals surface area contributed by atoms with Crippen LogP contribution in [-0.4, -0.2) is 17.6 Å². The Hall–Kier alpha value is -3.00. The largest absolute Gasteiger partial charge is 0.487 e. The Kier molecular flexibility index (Phi) is 6.66. The summed E-state index contributed by atoms with van der Waals surface area (Å²) in [6.07, 6.45) is 0. The number of aromatic nitrogens is 1. The van der Waals surface area contributed by atoms with Crippen LogP contribution in [0.4, 0.5) is 8.78 Å². The SMILES string of the molecule is COC(=O)c1ccc(Cn2c(C)cc(OCc3ccc(F)cc3F)c(Br)c2=O)cc1. The van der Waals surface area contributed by atoms with E-state index in [2.05, 4.69) is 20.7 Å². The quantitative estimate of drug-likeness (QED) is 0.486. The first-order valence-corrected chi connectivity index (χ1v) is 9.73. The van der Waals surface area contributed by atoms with Gasteiger partial charge in [-0.05, 0) is 52.7 Å². The van der Waals surface area contributed by atoms with Gasteiger partial charge in [-0.3, -0.25) is 4.79 Å². The topological polar surface area (TPSA) is 57.5 Å². The fourth-order valence-electron chi connectivity index (χ4n) is 2.86. The van der Waals surface area contributed by atoms with Crippen molar-refractivity contribution in [3.63, 3.8) is 0 Å². The molecular formula is C22H18BrF2NO4. The number of aryl methyl sites for hydroxylation is 1. The van der Waals surface area contributed by atoms with Crippen LogP contribution in [0.1, 0.15) is 27.2 Å². The van der Waals surface area contributed by atoms with Crippen LogP contribution in [0.5, 0.6) is 5.75 Å². The lowest BCUT2D eigenvalue weighted by molar-refractivity contribution is 0.0600. The predicted octanol–water partition coefficient (Wildman–Crippen LogP) is 4.61. The van der Waals surface area contributed by atoms with E-state index in [1.165, 1.54) is 13.2 Å². The smallest absolute Gasteiger partial charge is 0.337 e. The van der Waals surface area contributed by atoms with Gasteiger partial charge in [-0.2, -0.15) is 0 Å². The van der Waals surface area contributed by atoms with Crippen molar-refractivity contribution in [1.29, 1.82) is 0 Å². The van der Waals surface area contributed by atoms with Crippen LogP contribution in [0.2, 0.25) is 0 Å². The van der Waals surface area contributed by atoms with Crippen LogP contribution in [0.3, 0.4) is 0 Å². The van der Waals surface area contributed by atoms with Gasteiger partial charge >= 0.3 is 5.97 Å². The molecule has 3 aromatic rings. The van der Waals surface area contributed by atoms with E-state index < -0.39 is 17.6 Å². The van der Waals surface area contributed by atoms with E-state index in [1.54, 1.807) is 41.8 Å².